The molecule has 374 valence electrons. The van der Waals surface area contributed by atoms with Crippen molar-refractivity contribution in [3.8, 4) is 44.5 Å². The number of rotatable bonds is 15. The lowest BCUT2D eigenvalue weighted by molar-refractivity contribution is 0.101. The Morgan fingerprint density at radius 2 is 0.429 bits per heavy atom. The third kappa shape index (κ3) is 11.2. The molecule has 0 fully saturated rings. The van der Waals surface area contributed by atoms with Crippen molar-refractivity contribution >= 4 is 62.8 Å². The SMILES string of the molecule is CC.CC(=O)c1ccc(-c2ccc(N(c3ccccc3)c3ccccc3)cc2)cc1-c1ccc(N(c2ccccc2)c2ccc(-c3cc(-c4ccc(N(c5ccccc5)c5ccccc5)cc4)ccc3C(C)=O)cc2)cc1. The molecule has 0 N–H and O–H groups in total. The number of hydrogen-bond acceptors (Lipinski definition) is 5. The van der Waals surface area contributed by atoms with Crippen molar-refractivity contribution in [3.63, 3.8) is 0 Å². The van der Waals surface area contributed by atoms with Gasteiger partial charge in [0, 0.05) is 62.3 Å². The average Bonchev–Trinajstić information content (AvgIpc) is 3.51. The molecule has 11 rings (SSSR count). The molecular formula is C72H59N3O2. The number of benzene rings is 11. The number of anilines is 9. The van der Waals surface area contributed by atoms with Crippen molar-refractivity contribution in [1.29, 1.82) is 0 Å². The van der Waals surface area contributed by atoms with Crippen LogP contribution in [0.15, 0.2) is 285 Å². The molecule has 0 aliphatic heterocycles. The van der Waals surface area contributed by atoms with Crippen LogP contribution in [0.3, 0.4) is 0 Å². The summed E-state index contributed by atoms with van der Waals surface area (Å²) in [4.78, 5) is 33.1. The second-order valence-corrected chi connectivity index (χ2v) is 18.5. The second kappa shape index (κ2) is 23.6. The van der Waals surface area contributed by atoms with Crippen LogP contribution in [0.4, 0.5) is 51.2 Å². The number of carbonyl (C=O) groups excluding carboxylic acids is 2. The van der Waals surface area contributed by atoms with Crippen LogP contribution in [0.2, 0.25) is 0 Å². The summed E-state index contributed by atoms with van der Waals surface area (Å²) in [6.45, 7) is 7.26. The molecule has 0 aromatic heterocycles. The normalized spacial score (nSPS) is 10.7. The zero-order valence-corrected chi connectivity index (χ0v) is 43.8. The van der Waals surface area contributed by atoms with Gasteiger partial charge in [-0.2, -0.15) is 0 Å². The Kier molecular flexibility index (Phi) is 15.5. The van der Waals surface area contributed by atoms with Gasteiger partial charge in [0.2, 0.25) is 0 Å². The van der Waals surface area contributed by atoms with E-state index >= 15 is 0 Å². The fourth-order valence-electron chi connectivity index (χ4n) is 9.95. The highest BCUT2D eigenvalue weighted by atomic mass is 16.1. The third-order valence-electron chi connectivity index (χ3n) is 13.7. The first kappa shape index (κ1) is 50.7. The molecule has 0 amide bonds. The van der Waals surface area contributed by atoms with Crippen molar-refractivity contribution in [3.05, 3.63) is 296 Å². The van der Waals surface area contributed by atoms with Crippen LogP contribution in [0.1, 0.15) is 48.4 Å². The van der Waals surface area contributed by atoms with Gasteiger partial charge in [0.05, 0.1) is 0 Å². The molecule has 0 radical (unpaired) electrons. The summed E-state index contributed by atoms with van der Waals surface area (Å²) in [6, 6.07) is 98.2. The first-order valence-corrected chi connectivity index (χ1v) is 26.2. The van der Waals surface area contributed by atoms with Crippen molar-refractivity contribution in [2.45, 2.75) is 27.7 Å². The molecule has 0 heterocycles. The third-order valence-corrected chi connectivity index (χ3v) is 13.7. The first-order chi connectivity index (χ1) is 37.9. The predicted molar refractivity (Wildman–Crippen MR) is 324 cm³/mol. The maximum absolute atomic E-state index is 13.2. The van der Waals surface area contributed by atoms with Gasteiger partial charge in [-0.05, 0) is 180 Å². The van der Waals surface area contributed by atoms with Gasteiger partial charge in [-0.15, -0.1) is 0 Å². The first-order valence-electron chi connectivity index (χ1n) is 26.2. The minimum atomic E-state index is 0.00808. The minimum Gasteiger partial charge on any atom is -0.311 e. The van der Waals surface area contributed by atoms with Gasteiger partial charge < -0.3 is 14.7 Å². The minimum absolute atomic E-state index is 0.00808. The van der Waals surface area contributed by atoms with E-state index in [9.17, 15) is 9.59 Å². The predicted octanol–water partition coefficient (Wildman–Crippen LogP) is 20.2. The molecule has 11 aromatic rings. The highest BCUT2D eigenvalue weighted by Crippen LogP contribution is 2.41. The molecule has 11 aromatic carbocycles. The molecular weight excluding hydrogens is 939 g/mol. The summed E-state index contributed by atoms with van der Waals surface area (Å²) >= 11 is 0. The van der Waals surface area contributed by atoms with E-state index in [4.69, 9.17) is 0 Å². The lowest BCUT2D eigenvalue weighted by Gasteiger charge is -2.26. The van der Waals surface area contributed by atoms with E-state index in [1.54, 1.807) is 13.8 Å². The highest BCUT2D eigenvalue weighted by molar-refractivity contribution is 6.03. The van der Waals surface area contributed by atoms with Crippen LogP contribution in [-0.4, -0.2) is 11.6 Å². The Labute approximate surface area is 453 Å². The van der Waals surface area contributed by atoms with E-state index < -0.39 is 0 Å². The van der Waals surface area contributed by atoms with Crippen LogP contribution in [0, 0.1) is 0 Å². The van der Waals surface area contributed by atoms with Gasteiger partial charge in [-0.25, -0.2) is 0 Å². The molecule has 0 saturated heterocycles. The number of para-hydroxylation sites is 5. The van der Waals surface area contributed by atoms with Crippen LogP contribution in [0.25, 0.3) is 44.5 Å². The molecule has 0 bridgehead atoms. The van der Waals surface area contributed by atoms with E-state index in [2.05, 4.69) is 233 Å². The van der Waals surface area contributed by atoms with Crippen LogP contribution in [0.5, 0.6) is 0 Å². The van der Waals surface area contributed by atoms with Gasteiger partial charge in [0.15, 0.2) is 11.6 Å². The maximum Gasteiger partial charge on any atom is 0.160 e. The summed E-state index contributed by atoms with van der Waals surface area (Å²) in [6.07, 6.45) is 0. The van der Waals surface area contributed by atoms with Gasteiger partial charge in [-0.3, -0.25) is 9.59 Å². The Morgan fingerprint density at radius 1 is 0.234 bits per heavy atom. The summed E-state index contributed by atoms with van der Waals surface area (Å²) in [5, 5.41) is 0. The van der Waals surface area contributed by atoms with E-state index in [-0.39, 0.29) is 11.6 Å². The molecule has 77 heavy (non-hydrogen) atoms. The highest BCUT2D eigenvalue weighted by Gasteiger charge is 2.19. The Balaban J connectivity index is 0.00000332. The zero-order valence-electron chi connectivity index (χ0n) is 43.8. The van der Waals surface area contributed by atoms with Crippen molar-refractivity contribution in [2.24, 2.45) is 0 Å². The second-order valence-electron chi connectivity index (χ2n) is 18.5. The summed E-state index contributed by atoms with van der Waals surface area (Å²) in [5.41, 5.74) is 18.5. The van der Waals surface area contributed by atoms with E-state index in [1.165, 1.54) is 0 Å². The average molecular weight is 998 g/mol. The fourth-order valence-corrected chi connectivity index (χ4v) is 9.95. The summed E-state index contributed by atoms with van der Waals surface area (Å²) in [7, 11) is 0. The number of Topliss-reactive ketones (excluding diaryl/α,β-unsaturated/α-hetero) is 2. The van der Waals surface area contributed by atoms with Crippen molar-refractivity contribution in [2.75, 3.05) is 14.7 Å². The van der Waals surface area contributed by atoms with Crippen molar-refractivity contribution in [1.82, 2.24) is 0 Å². The molecule has 0 aliphatic carbocycles. The molecule has 0 aliphatic rings. The van der Waals surface area contributed by atoms with Gasteiger partial charge in [0.25, 0.3) is 0 Å². The van der Waals surface area contributed by atoms with Gasteiger partial charge >= 0.3 is 0 Å². The quantitative estimate of drug-likeness (QED) is 0.0958. The van der Waals surface area contributed by atoms with E-state index in [0.29, 0.717) is 11.1 Å². The van der Waals surface area contributed by atoms with E-state index in [0.717, 1.165) is 95.7 Å². The largest absolute Gasteiger partial charge is 0.311 e. The fraction of sp³-hybridized carbons (Fsp3) is 0.0556. The standard InChI is InChI=1S/C70H53N3O2.C2H6/c1-50(74)67-46-36-56(52-28-38-63(39-29-52)71(58-18-8-3-9-19-58)59-20-10-4-11-21-59)48-69(67)54-32-42-65(43-33-54)73(62-26-16-7-17-27-62)66-44-34-55(35-45-66)70-49-57(37-47-68(70)51(2)75)53-30-40-64(41-31-53)72(60-22-12-5-13-23-60)61-24-14-6-15-25-61;1-2/h3-49H,1-2H3;1-2H3. The molecule has 0 unspecified atom stereocenters. The zero-order chi connectivity index (χ0) is 53.1. The summed E-state index contributed by atoms with van der Waals surface area (Å²) < 4.78 is 0. The molecule has 5 heteroatoms. The summed E-state index contributed by atoms with van der Waals surface area (Å²) in [5.74, 6) is 0.0162. The van der Waals surface area contributed by atoms with Crippen molar-refractivity contribution < 1.29 is 9.59 Å². The van der Waals surface area contributed by atoms with Crippen LogP contribution >= 0.6 is 0 Å². The van der Waals surface area contributed by atoms with Crippen LogP contribution in [-0.2, 0) is 0 Å². The number of hydrogen-bond donors (Lipinski definition) is 0. The van der Waals surface area contributed by atoms with Gasteiger partial charge in [-0.1, -0.05) is 178 Å². The Hall–Kier alpha value is -9.84. The topological polar surface area (TPSA) is 43.9 Å². The maximum atomic E-state index is 13.2. The molecule has 5 nitrogen and oxygen atoms in total. The van der Waals surface area contributed by atoms with Crippen LogP contribution < -0.4 is 14.7 Å². The molecule has 0 saturated carbocycles. The Bertz CT molecular complexity index is 3410. The Morgan fingerprint density at radius 3 is 0.649 bits per heavy atom. The number of carbonyl (C=O) groups is 2. The number of nitrogens with zero attached hydrogens (tertiary/aromatic N) is 3. The number of ketones is 2. The smallest absolute Gasteiger partial charge is 0.160 e. The molecule has 0 atom stereocenters. The van der Waals surface area contributed by atoms with Gasteiger partial charge in [0.1, 0.15) is 0 Å². The monoisotopic (exact) mass is 997 g/mol. The molecule has 0 spiro atoms. The lowest BCUT2D eigenvalue weighted by atomic mass is 9.92. The lowest BCUT2D eigenvalue weighted by Crippen LogP contribution is -2.09. The van der Waals surface area contributed by atoms with E-state index in [1.807, 2.05) is 80.6 Å².